The zero-order valence-electron chi connectivity index (χ0n) is 9.60. The molecule has 0 aromatic heterocycles. The average Bonchev–Trinajstić information content (AvgIpc) is 2.35. The van der Waals surface area contributed by atoms with E-state index in [0.29, 0.717) is 5.92 Å². The van der Waals surface area contributed by atoms with Crippen LogP contribution in [-0.2, 0) is 0 Å². The van der Waals surface area contributed by atoms with Crippen molar-refractivity contribution in [2.75, 3.05) is 0 Å². The monoisotopic (exact) mass is 210 g/mol. The second-order valence-corrected chi connectivity index (χ2v) is 3.67. The van der Waals surface area contributed by atoms with E-state index in [1.165, 1.54) is 0 Å². The summed E-state index contributed by atoms with van der Waals surface area (Å²) >= 11 is 0. The molecule has 0 aliphatic rings. The summed E-state index contributed by atoms with van der Waals surface area (Å²) in [5, 5.41) is 0. The molecule has 0 nitrogen and oxygen atoms in total. The van der Waals surface area contributed by atoms with Crippen molar-refractivity contribution in [3.8, 4) is 0 Å². The average molecular weight is 210 g/mol. The molecule has 0 heterocycles. The number of hydrogen-bond acceptors (Lipinski definition) is 0. The highest BCUT2D eigenvalue weighted by Crippen LogP contribution is 2.15. The minimum absolute atomic E-state index is 0.345. The van der Waals surface area contributed by atoms with Crippen molar-refractivity contribution in [3.05, 3.63) is 79.9 Å². The van der Waals surface area contributed by atoms with Crippen LogP contribution in [0.2, 0.25) is 0 Å². The second-order valence-electron chi connectivity index (χ2n) is 3.67. The van der Waals surface area contributed by atoms with E-state index in [1.54, 1.807) is 0 Å². The summed E-state index contributed by atoms with van der Waals surface area (Å²) in [4.78, 5) is 0. The molecule has 1 unspecified atom stereocenters. The Morgan fingerprint density at radius 2 is 1.88 bits per heavy atom. The van der Waals surface area contributed by atoms with Gasteiger partial charge in [0.2, 0.25) is 0 Å². The lowest BCUT2D eigenvalue weighted by Crippen LogP contribution is -1.88. The molecule has 0 spiro atoms. The Morgan fingerprint density at radius 1 is 1.19 bits per heavy atom. The smallest absolute Gasteiger partial charge is 0.00184 e. The highest BCUT2D eigenvalue weighted by Gasteiger charge is 1.97. The maximum absolute atomic E-state index is 4.04. The van der Waals surface area contributed by atoms with Gasteiger partial charge in [0.1, 0.15) is 0 Å². The standard InChI is InChI=1S/C16H18/c1-4-9-15(5-2)13-12-14(3)16-10-7-6-8-11-16/h4-8,10-13,15H,1-3,9H2/b13-12-. The van der Waals surface area contributed by atoms with Crippen molar-refractivity contribution in [3.63, 3.8) is 0 Å². The first kappa shape index (κ1) is 12.3. The predicted molar refractivity (Wildman–Crippen MR) is 73.1 cm³/mol. The molecule has 0 saturated carbocycles. The van der Waals surface area contributed by atoms with E-state index in [2.05, 4.69) is 37.9 Å². The molecular weight excluding hydrogens is 192 g/mol. The zero-order chi connectivity index (χ0) is 11.8. The van der Waals surface area contributed by atoms with Gasteiger partial charge in [-0.1, -0.05) is 61.2 Å². The van der Waals surface area contributed by atoms with Crippen LogP contribution >= 0.6 is 0 Å². The predicted octanol–water partition coefficient (Wildman–Crippen LogP) is 4.63. The molecule has 0 aliphatic carbocycles. The fraction of sp³-hybridized carbons (Fsp3) is 0.125. The molecule has 0 fully saturated rings. The number of rotatable bonds is 6. The van der Waals surface area contributed by atoms with Crippen molar-refractivity contribution in [2.45, 2.75) is 6.42 Å². The van der Waals surface area contributed by atoms with Gasteiger partial charge in [-0.2, -0.15) is 0 Å². The summed E-state index contributed by atoms with van der Waals surface area (Å²) in [5.41, 5.74) is 2.18. The maximum atomic E-state index is 4.04. The first-order chi connectivity index (χ1) is 7.77. The van der Waals surface area contributed by atoms with Crippen molar-refractivity contribution in [2.24, 2.45) is 5.92 Å². The lowest BCUT2D eigenvalue weighted by atomic mass is 10.0. The summed E-state index contributed by atoms with van der Waals surface area (Å²) < 4.78 is 0. The van der Waals surface area contributed by atoms with Crippen molar-refractivity contribution in [1.29, 1.82) is 0 Å². The van der Waals surface area contributed by atoms with Crippen molar-refractivity contribution < 1.29 is 0 Å². The number of allylic oxidation sites excluding steroid dienone is 5. The largest absolute Gasteiger partial charge is 0.103 e. The van der Waals surface area contributed by atoms with Crippen LogP contribution in [0.15, 0.2) is 74.4 Å². The molecule has 0 amide bonds. The van der Waals surface area contributed by atoms with E-state index < -0.39 is 0 Å². The topological polar surface area (TPSA) is 0 Å². The van der Waals surface area contributed by atoms with E-state index in [1.807, 2.05) is 36.4 Å². The maximum Gasteiger partial charge on any atom is -0.00184 e. The third-order valence-electron chi connectivity index (χ3n) is 2.43. The minimum Gasteiger partial charge on any atom is -0.103 e. The van der Waals surface area contributed by atoms with Gasteiger partial charge in [0, 0.05) is 0 Å². The molecule has 16 heavy (non-hydrogen) atoms. The fourth-order valence-corrected chi connectivity index (χ4v) is 1.43. The molecule has 0 bridgehead atoms. The van der Waals surface area contributed by atoms with Gasteiger partial charge in [-0.05, 0) is 23.5 Å². The normalized spacial score (nSPS) is 12.2. The van der Waals surface area contributed by atoms with Gasteiger partial charge in [0.05, 0.1) is 0 Å². The van der Waals surface area contributed by atoms with Crippen LogP contribution in [0.3, 0.4) is 0 Å². The number of hydrogen-bond donors (Lipinski definition) is 0. The summed E-state index contributed by atoms with van der Waals surface area (Å²) in [6.07, 6.45) is 8.91. The lowest BCUT2D eigenvalue weighted by molar-refractivity contribution is 0.836. The summed E-state index contributed by atoms with van der Waals surface area (Å²) in [5.74, 6) is 0.345. The van der Waals surface area contributed by atoms with Gasteiger partial charge in [0.25, 0.3) is 0 Å². The van der Waals surface area contributed by atoms with Crippen LogP contribution in [0, 0.1) is 5.92 Å². The van der Waals surface area contributed by atoms with E-state index in [9.17, 15) is 0 Å². The summed E-state index contributed by atoms with van der Waals surface area (Å²) in [6.45, 7) is 11.6. The SMILES string of the molecule is C=CCC(C=C)/C=C\C(=C)c1ccccc1. The Labute approximate surface area is 98.3 Å². The van der Waals surface area contributed by atoms with E-state index >= 15 is 0 Å². The first-order valence-electron chi connectivity index (χ1n) is 5.44. The van der Waals surface area contributed by atoms with E-state index in [4.69, 9.17) is 0 Å². The number of benzene rings is 1. The Morgan fingerprint density at radius 3 is 2.44 bits per heavy atom. The second kappa shape index (κ2) is 6.62. The van der Waals surface area contributed by atoms with Gasteiger partial charge in [0.15, 0.2) is 0 Å². The Balaban J connectivity index is 2.67. The fourth-order valence-electron chi connectivity index (χ4n) is 1.43. The van der Waals surface area contributed by atoms with Crippen LogP contribution in [-0.4, -0.2) is 0 Å². The molecule has 0 saturated heterocycles. The molecule has 0 radical (unpaired) electrons. The molecular formula is C16H18. The van der Waals surface area contributed by atoms with Gasteiger partial charge in [-0.15, -0.1) is 13.2 Å². The Hall–Kier alpha value is -1.82. The third-order valence-corrected chi connectivity index (χ3v) is 2.43. The zero-order valence-corrected chi connectivity index (χ0v) is 9.60. The highest BCUT2D eigenvalue weighted by atomic mass is 14.0. The molecule has 1 aromatic rings. The van der Waals surface area contributed by atoms with Crippen molar-refractivity contribution in [1.82, 2.24) is 0 Å². The quantitative estimate of drug-likeness (QED) is 0.474. The van der Waals surface area contributed by atoms with Crippen LogP contribution in [0.5, 0.6) is 0 Å². The van der Waals surface area contributed by atoms with Crippen LogP contribution in [0.25, 0.3) is 5.57 Å². The highest BCUT2D eigenvalue weighted by molar-refractivity contribution is 5.71. The lowest BCUT2D eigenvalue weighted by Gasteiger charge is -2.04. The summed E-state index contributed by atoms with van der Waals surface area (Å²) in [6, 6.07) is 10.2. The minimum atomic E-state index is 0.345. The van der Waals surface area contributed by atoms with Gasteiger partial charge in [-0.3, -0.25) is 0 Å². The Bertz CT molecular complexity index is 382. The van der Waals surface area contributed by atoms with Crippen molar-refractivity contribution >= 4 is 5.57 Å². The molecule has 0 aliphatic heterocycles. The van der Waals surface area contributed by atoms with Crippen LogP contribution < -0.4 is 0 Å². The molecule has 1 aromatic carbocycles. The van der Waals surface area contributed by atoms with Gasteiger partial charge in [-0.25, -0.2) is 0 Å². The van der Waals surface area contributed by atoms with Crippen LogP contribution in [0.4, 0.5) is 0 Å². The Kier molecular flexibility index (Phi) is 5.07. The summed E-state index contributed by atoms with van der Waals surface area (Å²) in [7, 11) is 0. The first-order valence-corrected chi connectivity index (χ1v) is 5.44. The van der Waals surface area contributed by atoms with Gasteiger partial charge < -0.3 is 0 Å². The molecule has 0 N–H and O–H groups in total. The van der Waals surface area contributed by atoms with Gasteiger partial charge >= 0.3 is 0 Å². The molecule has 82 valence electrons. The molecule has 1 rings (SSSR count). The molecule has 1 atom stereocenters. The van der Waals surface area contributed by atoms with Crippen LogP contribution in [0.1, 0.15) is 12.0 Å². The van der Waals surface area contributed by atoms with E-state index in [0.717, 1.165) is 17.6 Å². The third kappa shape index (κ3) is 3.74. The van der Waals surface area contributed by atoms with E-state index in [-0.39, 0.29) is 0 Å². The molecule has 0 heteroatoms.